The standard InChI is InChI=1S/C11H8Cl2N2O2/c1-6-4-2-3-5-7(6)14-15-10(16)8(12)9(13)11(15)17/h2-5,14H,1H3. The lowest BCUT2D eigenvalue weighted by molar-refractivity contribution is -0.135. The van der Waals surface area contributed by atoms with Crippen molar-refractivity contribution in [2.45, 2.75) is 6.92 Å². The summed E-state index contributed by atoms with van der Waals surface area (Å²) in [7, 11) is 0. The molecule has 0 spiro atoms. The van der Waals surface area contributed by atoms with Crippen molar-refractivity contribution in [3.63, 3.8) is 0 Å². The number of halogens is 2. The molecule has 0 bridgehead atoms. The monoisotopic (exact) mass is 270 g/mol. The number of imide groups is 1. The van der Waals surface area contributed by atoms with Gasteiger partial charge in [0.25, 0.3) is 11.8 Å². The largest absolute Gasteiger partial charge is 0.292 e. The molecule has 0 aromatic heterocycles. The Hall–Kier alpha value is -1.52. The van der Waals surface area contributed by atoms with Crippen LogP contribution in [0.2, 0.25) is 0 Å². The third-order valence-electron chi connectivity index (χ3n) is 2.35. The van der Waals surface area contributed by atoms with Crippen LogP contribution in [0.3, 0.4) is 0 Å². The lowest BCUT2D eigenvalue weighted by atomic mass is 10.2. The molecule has 17 heavy (non-hydrogen) atoms. The molecule has 0 unspecified atom stereocenters. The normalized spacial score (nSPS) is 15.8. The third kappa shape index (κ3) is 2.01. The minimum absolute atomic E-state index is 0.266. The summed E-state index contributed by atoms with van der Waals surface area (Å²) < 4.78 is 0. The maximum absolute atomic E-state index is 11.6. The lowest BCUT2D eigenvalue weighted by Gasteiger charge is -2.17. The van der Waals surface area contributed by atoms with Gasteiger partial charge in [0, 0.05) is 0 Å². The Morgan fingerprint density at radius 3 is 2.12 bits per heavy atom. The molecular formula is C11H8Cl2N2O2. The van der Waals surface area contributed by atoms with Crippen LogP contribution in [-0.4, -0.2) is 16.8 Å². The van der Waals surface area contributed by atoms with E-state index in [2.05, 4.69) is 5.43 Å². The molecule has 88 valence electrons. The molecule has 0 fully saturated rings. The summed E-state index contributed by atoms with van der Waals surface area (Å²) in [5.41, 5.74) is 4.23. The molecule has 2 amide bonds. The Bertz CT molecular complexity index is 516. The maximum atomic E-state index is 11.6. The second-order valence-electron chi connectivity index (χ2n) is 3.50. The van der Waals surface area contributed by atoms with Gasteiger partial charge in [-0.05, 0) is 18.6 Å². The lowest BCUT2D eigenvalue weighted by Crippen LogP contribution is -2.36. The minimum Gasteiger partial charge on any atom is -0.288 e. The summed E-state index contributed by atoms with van der Waals surface area (Å²) in [4.78, 5) is 23.2. The van der Waals surface area contributed by atoms with E-state index >= 15 is 0 Å². The first-order valence-electron chi connectivity index (χ1n) is 4.78. The highest BCUT2D eigenvalue weighted by Gasteiger charge is 2.37. The number of anilines is 1. The number of nitrogens with zero attached hydrogens (tertiary/aromatic N) is 1. The molecule has 1 heterocycles. The van der Waals surface area contributed by atoms with Crippen LogP contribution in [0, 0.1) is 6.92 Å². The number of hydrogen-bond acceptors (Lipinski definition) is 3. The van der Waals surface area contributed by atoms with Crippen molar-refractivity contribution in [1.82, 2.24) is 5.01 Å². The Kier molecular flexibility index (Phi) is 3.09. The number of aryl methyl sites for hydroxylation is 1. The van der Waals surface area contributed by atoms with Crippen LogP contribution in [0.15, 0.2) is 34.3 Å². The van der Waals surface area contributed by atoms with Crippen molar-refractivity contribution in [2.75, 3.05) is 5.43 Å². The van der Waals surface area contributed by atoms with Gasteiger partial charge in [0.1, 0.15) is 10.1 Å². The average molecular weight is 271 g/mol. The average Bonchev–Trinajstić information content (AvgIpc) is 2.50. The fourth-order valence-electron chi connectivity index (χ4n) is 1.40. The Balaban J connectivity index is 2.26. The Morgan fingerprint density at radius 1 is 1.06 bits per heavy atom. The quantitative estimate of drug-likeness (QED) is 0.840. The molecule has 1 aliphatic heterocycles. The first-order chi connectivity index (χ1) is 8.02. The van der Waals surface area contributed by atoms with Gasteiger partial charge in [-0.3, -0.25) is 15.0 Å². The van der Waals surface area contributed by atoms with E-state index in [1.165, 1.54) is 0 Å². The topological polar surface area (TPSA) is 49.4 Å². The van der Waals surface area contributed by atoms with Crippen molar-refractivity contribution < 1.29 is 9.59 Å². The zero-order valence-corrected chi connectivity index (χ0v) is 10.3. The minimum atomic E-state index is -0.648. The van der Waals surface area contributed by atoms with E-state index in [4.69, 9.17) is 23.2 Å². The zero-order valence-electron chi connectivity index (χ0n) is 8.83. The van der Waals surface area contributed by atoms with Gasteiger partial charge < -0.3 is 0 Å². The highest BCUT2D eigenvalue weighted by Crippen LogP contribution is 2.27. The first kappa shape index (κ1) is 12.0. The smallest absolute Gasteiger partial charge is 0.288 e. The van der Waals surface area contributed by atoms with Crippen molar-refractivity contribution >= 4 is 40.7 Å². The van der Waals surface area contributed by atoms with Crippen molar-refractivity contribution in [3.05, 3.63) is 39.9 Å². The molecule has 0 saturated carbocycles. The van der Waals surface area contributed by atoms with Gasteiger partial charge in [-0.1, -0.05) is 41.4 Å². The summed E-state index contributed by atoms with van der Waals surface area (Å²) in [6, 6.07) is 7.24. The predicted octanol–water partition coefficient (Wildman–Crippen LogP) is 2.38. The van der Waals surface area contributed by atoms with E-state index in [0.29, 0.717) is 5.69 Å². The number of benzene rings is 1. The van der Waals surface area contributed by atoms with Crippen LogP contribution in [-0.2, 0) is 9.59 Å². The molecule has 0 atom stereocenters. The number of hydrogen-bond donors (Lipinski definition) is 1. The van der Waals surface area contributed by atoms with Crippen LogP contribution in [0.5, 0.6) is 0 Å². The van der Waals surface area contributed by atoms with E-state index in [9.17, 15) is 9.59 Å². The third-order valence-corrected chi connectivity index (χ3v) is 3.15. The number of hydrazine groups is 1. The maximum Gasteiger partial charge on any atom is 0.292 e. The number of rotatable bonds is 2. The molecule has 1 aromatic carbocycles. The molecule has 6 heteroatoms. The molecular weight excluding hydrogens is 263 g/mol. The second kappa shape index (κ2) is 4.39. The van der Waals surface area contributed by atoms with Gasteiger partial charge in [-0.15, -0.1) is 0 Å². The van der Waals surface area contributed by atoms with E-state index in [0.717, 1.165) is 10.6 Å². The van der Waals surface area contributed by atoms with Gasteiger partial charge in [0.05, 0.1) is 5.69 Å². The van der Waals surface area contributed by atoms with Crippen molar-refractivity contribution in [2.24, 2.45) is 0 Å². The molecule has 0 saturated heterocycles. The van der Waals surface area contributed by atoms with Crippen LogP contribution in [0.4, 0.5) is 5.69 Å². The van der Waals surface area contributed by atoms with Crippen molar-refractivity contribution in [3.8, 4) is 0 Å². The zero-order chi connectivity index (χ0) is 12.6. The molecule has 1 aromatic rings. The van der Waals surface area contributed by atoms with E-state index in [1.807, 2.05) is 19.1 Å². The molecule has 1 aliphatic rings. The fourth-order valence-corrected chi connectivity index (χ4v) is 1.73. The van der Waals surface area contributed by atoms with Gasteiger partial charge in [0.2, 0.25) is 0 Å². The van der Waals surface area contributed by atoms with Crippen LogP contribution in [0.25, 0.3) is 0 Å². The summed E-state index contributed by atoms with van der Waals surface area (Å²) >= 11 is 11.2. The van der Waals surface area contributed by atoms with E-state index < -0.39 is 11.8 Å². The second-order valence-corrected chi connectivity index (χ2v) is 4.26. The van der Waals surface area contributed by atoms with Gasteiger partial charge >= 0.3 is 0 Å². The van der Waals surface area contributed by atoms with Gasteiger partial charge in [-0.2, -0.15) is 5.01 Å². The first-order valence-corrected chi connectivity index (χ1v) is 5.54. The van der Waals surface area contributed by atoms with Crippen LogP contribution < -0.4 is 5.43 Å². The number of para-hydroxylation sites is 1. The molecule has 0 aliphatic carbocycles. The van der Waals surface area contributed by atoms with Gasteiger partial charge in [-0.25, -0.2) is 0 Å². The summed E-state index contributed by atoms with van der Waals surface area (Å²) in [6.07, 6.45) is 0. The molecule has 2 rings (SSSR count). The van der Waals surface area contributed by atoms with Crippen LogP contribution in [0.1, 0.15) is 5.56 Å². The SMILES string of the molecule is Cc1ccccc1NN1C(=O)C(Cl)=C(Cl)C1=O. The Labute approximate surface area is 108 Å². The summed E-state index contributed by atoms with van der Waals surface area (Å²) in [5.74, 6) is -1.30. The molecule has 4 nitrogen and oxygen atoms in total. The van der Waals surface area contributed by atoms with Crippen molar-refractivity contribution in [1.29, 1.82) is 0 Å². The highest BCUT2D eigenvalue weighted by atomic mass is 35.5. The predicted molar refractivity (Wildman–Crippen MR) is 65.4 cm³/mol. The number of nitrogens with one attached hydrogen (secondary N) is 1. The summed E-state index contributed by atoms with van der Waals surface area (Å²) in [6.45, 7) is 1.85. The van der Waals surface area contributed by atoms with Gasteiger partial charge in [0.15, 0.2) is 0 Å². The molecule has 1 N–H and O–H groups in total. The number of carbonyl (C=O) groups is 2. The number of amides is 2. The summed E-state index contributed by atoms with van der Waals surface area (Å²) in [5, 5.41) is 0.267. The van der Waals surface area contributed by atoms with E-state index in [1.54, 1.807) is 12.1 Å². The fraction of sp³-hybridized carbons (Fsp3) is 0.0909. The highest BCUT2D eigenvalue weighted by molar-refractivity contribution is 6.58. The van der Waals surface area contributed by atoms with Crippen LogP contribution >= 0.6 is 23.2 Å². The number of carbonyl (C=O) groups excluding carboxylic acids is 2. The Morgan fingerprint density at radius 2 is 1.59 bits per heavy atom. The van der Waals surface area contributed by atoms with E-state index in [-0.39, 0.29) is 10.1 Å². The molecule has 0 radical (unpaired) electrons.